The number of fused-ring (bicyclic) bond motifs is 1. The van der Waals surface area contributed by atoms with Crippen molar-refractivity contribution in [3.63, 3.8) is 0 Å². The molecule has 106 valence electrons. The van der Waals surface area contributed by atoms with Crippen LogP contribution in [0.2, 0.25) is 0 Å². The Balaban J connectivity index is 1.43. The van der Waals surface area contributed by atoms with Crippen molar-refractivity contribution in [2.45, 2.75) is 25.0 Å². The highest BCUT2D eigenvalue weighted by atomic mass is 32.1. The number of hydrogen-bond donors (Lipinski definition) is 1. The van der Waals surface area contributed by atoms with Gasteiger partial charge in [0.15, 0.2) is 5.13 Å². The van der Waals surface area contributed by atoms with Crippen LogP contribution in [0.5, 0.6) is 0 Å². The number of rotatable bonds is 2. The predicted molar refractivity (Wildman–Crippen MR) is 82.4 cm³/mol. The molecule has 0 atom stereocenters. The molecule has 1 aromatic carbocycles. The normalized spacial score (nSPS) is 22.4. The number of likely N-dealkylation sites (tertiary alicyclic amines) is 1. The SMILES string of the molecule is OC1CN(C2CCN(c3nc4ccccc4s3)CC2)C1. The molecule has 0 bridgehead atoms. The summed E-state index contributed by atoms with van der Waals surface area (Å²) in [5.74, 6) is 0. The van der Waals surface area contributed by atoms with Crippen LogP contribution in [-0.4, -0.2) is 53.3 Å². The van der Waals surface area contributed by atoms with Gasteiger partial charge < -0.3 is 10.0 Å². The molecular formula is C15H19N3OS. The highest BCUT2D eigenvalue weighted by Gasteiger charge is 2.33. The standard InChI is InChI=1S/C15H19N3OS/c19-12-9-18(10-12)11-5-7-17(8-6-11)15-16-13-3-1-2-4-14(13)20-15/h1-4,11-12,19H,5-10H2. The number of para-hydroxylation sites is 1. The molecule has 2 aliphatic heterocycles. The lowest BCUT2D eigenvalue weighted by Gasteiger charge is -2.45. The molecule has 2 fully saturated rings. The molecule has 20 heavy (non-hydrogen) atoms. The summed E-state index contributed by atoms with van der Waals surface area (Å²) in [7, 11) is 0. The Morgan fingerprint density at radius 2 is 1.90 bits per heavy atom. The van der Waals surface area contributed by atoms with E-state index in [0.717, 1.165) is 36.8 Å². The fourth-order valence-corrected chi connectivity index (χ4v) is 4.22. The number of aliphatic hydroxyl groups excluding tert-OH is 1. The van der Waals surface area contributed by atoms with Gasteiger partial charge in [-0.3, -0.25) is 4.90 Å². The van der Waals surface area contributed by atoms with Gasteiger partial charge in [-0.15, -0.1) is 0 Å². The Kier molecular flexibility index (Phi) is 3.13. The third-order valence-electron chi connectivity index (χ3n) is 4.42. The predicted octanol–water partition coefficient (Wildman–Crippen LogP) is 1.94. The van der Waals surface area contributed by atoms with Gasteiger partial charge in [0, 0.05) is 32.2 Å². The average molecular weight is 289 g/mol. The van der Waals surface area contributed by atoms with Crippen LogP contribution in [0.25, 0.3) is 10.2 Å². The summed E-state index contributed by atoms with van der Waals surface area (Å²) in [4.78, 5) is 9.57. The summed E-state index contributed by atoms with van der Waals surface area (Å²) in [6, 6.07) is 9.01. The first-order valence-corrected chi connectivity index (χ1v) is 8.14. The molecule has 0 radical (unpaired) electrons. The molecule has 0 amide bonds. The van der Waals surface area contributed by atoms with Crippen LogP contribution >= 0.6 is 11.3 Å². The van der Waals surface area contributed by atoms with Gasteiger partial charge in [-0.2, -0.15) is 0 Å². The van der Waals surface area contributed by atoms with Crippen LogP contribution in [-0.2, 0) is 0 Å². The number of anilines is 1. The zero-order valence-electron chi connectivity index (χ0n) is 11.4. The van der Waals surface area contributed by atoms with Gasteiger partial charge in [0.05, 0.1) is 16.3 Å². The van der Waals surface area contributed by atoms with Crippen LogP contribution in [0.4, 0.5) is 5.13 Å². The average Bonchev–Trinajstić information content (AvgIpc) is 2.88. The minimum atomic E-state index is -0.0858. The maximum atomic E-state index is 9.40. The summed E-state index contributed by atoms with van der Waals surface area (Å²) >= 11 is 1.79. The van der Waals surface area contributed by atoms with Gasteiger partial charge in [0.1, 0.15) is 0 Å². The van der Waals surface area contributed by atoms with Gasteiger partial charge in [-0.25, -0.2) is 4.98 Å². The van der Waals surface area contributed by atoms with Crippen molar-refractivity contribution in [1.82, 2.24) is 9.88 Å². The molecule has 2 saturated heterocycles. The molecule has 4 nitrogen and oxygen atoms in total. The van der Waals surface area contributed by atoms with E-state index in [1.807, 2.05) is 6.07 Å². The van der Waals surface area contributed by atoms with Crippen LogP contribution in [0.1, 0.15) is 12.8 Å². The second-order valence-electron chi connectivity index (χ2n) is 5.79. The zero-order chi connectivity index (χ0) is 13.5. The molecule has 5 heteroatoms. The third kappa shape index (κ3) is 2.20. The van der Waals surface area contributed by atoms with E-state index in [2.05, 4.69) is 28.0 Å². The largest absolute Gasteiger partial charge is 0.390 e. The Bertz CT molecular complexity index is 567. The van der Waals surface area contributed by atoms with E-state index in [9.17, 15) is 5.11 Å². The second kappa shape index (κ2) is 4.98. The van der Waals surface area contributed by atoms with Crippen molar-refractivity contribution < 1.29 is 5.11 Å². The van der Waals surface area contributed by atoms with Crippen molar-refractivity contribution in [3.8, 4) is 0 Å². The zero-order valence-corrected chi connectivity index (χ0v) is 12.2. The fraction of sp³-hybridized carbons (Fsp3) is 0.533. The van der Waals surface area contributed by atoms with E-state index in [-0.39, 0.29) is 6.10 Å². The van der Waals surface area contributed by atoms with Gasteiger partial charge in [-0.05, 0) is 25.0 Å². The number of aliphatic hydroxyl groups is 1. The lowest BCUT2D eigenvalue weighted by atomic mass is 9.99. The molecule has 2 aliphatic rings. The van der Waals surface area contributed by atoms with Crippen LogP contribution < -0.4 is 4.90 Å². The second-order valence-corrected chi connectivity index (χ2v) is 6.80. The van der Waals surface area contributed by atoms with Crippen molar-refractivity contribution in [2.24, 2.45) is 0 Å². The molecule has 4 rings (SSSR count). The van der Waals surface area contributed by atoms with E-state index < -0.39 is 0 Å². The molecule has 1 aromatic heterocycles. The highest BCUT2D eigenvalue weighted by molar-refractivity contribution is 7.22. The molecular weight excluding hydrogens is 270 g/mol. The van der Waals surface area contributed by atoms with E-state index in [4.69, 9.17) is 4.98 Å². The van der Waals surface area contributed by atoms with Gasteiger partial charge in [0.25, 0.3) is 0 Å². The number of β-amino-alcohol motifs (C(OH)–C–C–N with tert-alkyl or cyclic N) is 1. The minimum Gasteiger partial charge on any atom is -0.390 e. The van der Waals surface area contributed by atoms with Gasteiger partial charge in [-0.1, -0.05) is 23.5 Å². The molecule has 1 N–H and O–H groups in total. The maximum Gasteiger partial charge on any atom is 0.186 e. The summed E-state index contributed by atoms with van der Waals surface area (Å²) in [5, 5.41) is 10.6. The Morgan fingerprint density at radius 3 is 2.60 bits per heavy atom. The van der Waals surface area contributed by atoms with E-state index >= 15 is 0 Å². The molecule has 0 unspecified atom stereocenters. The topological polar surface area (TPSA) is 39.6 Å². The summed E-state index contributed by atoms with van der Waals surface area (Å²) in [6.45, 7) is 3.89. The lowest BCUT2D eigenvalue weighted by Crippen LogP contribution is -2.57. The Hall–Kier alpha value is -1.17. The van der Waals surface area contributed by atoms with Crippen LogP contribution in [0.3, 0.4) is 0 Å². The quantitative estimate of drug-likeness (QED) is 0.917. The first-order chi connectivity index (χ1) is 9.79. The number of thiazole rings is 1. The number of nitrogens with zero attached hydrogens (tertiary/aromatic N) is 3. The van der Waals surface area contributed by atoms with E-state index in [1.54, 1.807) is 11.3 Å². The van der Waals surface area contributed by atoms with Crippen molar-refractivity contribution in [2.75, 3.05) is 31.1 Å². The van der Waals surface area contributed by atoms with E-state index in [0.29, 0.717) is 6.04 Å². The van der Waals surface area contributed by atoms with Gasteiger partial charge >= 0.3 is 0 Å². The Morgan fingerprint density at radius 1 is 1.15 bits per heavy atom. The maximum absolute atomic E-state index is 9.40. The Labute approximate surface area is 122 Å². The van der Waals surface area contributed by atoms with Crippen molar-refractivity contribution in [3.05, 3.63) is 24.3 Å². The summed E-state index contributed by atoms with van der Waals surface area (Å²) < 4.78 is 1.27. The first-order valence-electron chi connectivity index (χ1n) is 7.32. The molecule has 0 saturated carbocycles. The number of aromatic nitrogens is 1. The molecule has 3 heterocycles. The third-order valence-corrected chi connectivity index (χ3v) is 5.52. The van der Waals surface area contributed by atoms with Crippen LogP contribution in [0, 0.1) is 0 Å². The molecule has 0 aliphatic carbocycles. The fourth-order valence-electron chi connectivity index (χ4n) is 3.20. The van der Waals surface area contributed by atoms with E-state index in [1.165, 1.54) is 17.5 Å². The monoisotopic (exact) mass is 289 g/mol. The number of hydrogen-bond acceptors (Lipinski definition) is 5. The van der Waals surface area contributed by atoms with Gasteiger partial charge in [0.2, 0.25) is 0 Å². The van der Waals surface area contributed by atoms with Crippen LogP contribution in [0.15, 0.2) is 24.3 Å². The van der Waals surface area contributed by atoms with Crippen molar-refractivity contribution >= 4 is 26.7 Å². The highest BCUT2D eigenvalue weighted by Crippen LogP contribution is 2.31. The minimum absolute atomic E-state index is 0.0858. The lowest BCUT2D eigenvalue weighted by molar-refractivity contribution is -0.0300. The summed E-state index contributed by atoms with van der Waals surface area (Å²) in [5.41, 5.74) is 1.11. The molecule has 0 spiro atoms. The first kappa shape index (κ1) is 12.6. The van der Waals surface area contributed by atoms with Crippen molar-refractivity contribution in [1.29, 1.82) is 0 Å². The number of piperidine rings is 1. The number of benzene rings is 1. The smallest absolute Gasteiger partial charge is 0.186 e. The molecule has 2 aromatic rings. The summed E-state index contributed by atoms with van der Waals surface area (Å²) in [6.07, 6.45) is 2.28.